The number of rotatable bonds is 3. The minimum atomic E-state index is -4.46. The number of carbonyl (C=O) groups is 1. The molecule has 0 unspecified atom stereocenters. The average molecular weight is 502 g/mol. The van der Waals surface area contributed by atoms with Gasteiger partial charge < -0.3 is 20.7 Å². The van der Waals surface area contributed by atoms with Gasteiger partial charge in [0, 0.05) is 42.0 Å². The molecule has 36 heavy (non-hydrogen) atoms. The third kappa shape index (κ3) is 6.63. The first-order valence-corrected chi connectivity index (χ1v) is 12.1. The van der Waals surface area contributed by atoms with Gasteiger partial charge in [-0.25, -0.2) is 9.97 Å². The van der Waals surface area contributed by atoms with Crippen molar-refractivity contribution in [1.29, 1.82) is 0 Å². The predicted octanol–water partition coefficient (Wildman–Crippen LogP) is 4.82. The zero-order valence-electron chi connectivity index (χ0n) is 19.9. The summed E-state index contributed by atoms with van der Waals surface area (Å²) in [4.78, 5) is 22.4. The number of ether oxygens (including phenoxy) is 1. The number of morpholine rings is 1. The number of para-hydroxylation sites is 1. The lowest BCUT2D eigenvalue weighted by molar-refractivity contribution is -0.140. The number of halogens is 3. The maximum atomic E-state index is 12.4. The highest BCUT2D eigenvalue weighted by molar-refractivity contribution is 5.95. The monoisotopic (exact) mass is 501 g/mol. The Morgan fingerprint density at radius 1 is 1.06 bits per heavy atom. The van der Waals surface area contributed by atoms with Gasteiger partial charge in [-0.3, -0.25) is 4.79 Å². The molecule has 2 aliphatic rings. The van der Waals surface area contributed by atoms with E-state index in [0.29, 0.717) is 17.0 Å². The highest BCUT2D eigenvalue weighted by Gasteiger charge is 2.33. The zero-order chi connectivity index (χ0) is 25.5. The molecule has 5 rings (SSSR count). The third-order valence-corrected chi connectivity index (χ3v) is 6.32. The summed E-state index contributed by atoms with van der Waals surface area (Å²) in [5.74, 6) is 0.897. The van der Waals surface area contributed by atoms with Crippen LogP contribution in [0.15, 0.2) is 48.7 Å². The van der Waals surface area contributed by atoms with Gasteiger partial charge in [-0.15, -0.1) is 0 Å². The molecule has 10 heteroatoms. The Bertz CT molecular complexity index is 1180. The van der Waals surface area contributed by atoms with Crippen molar-refractivity contribution in [3.05, 3.63) is 59.9 Å². The second-order valence-corrected chi connectivity index (χ2v) is 8.92. The van der Waals surface area contributed by atoms with Crippen molar-refractivity contribution in [1.82, 2.24) is 15.3 Å². The van der Waals surface area contributed by atoms with Gasteiger partial charge in [0.1, 0.15) is 11.5 Å². The molecule has 0 radical (unpaired) electrons. The number of hydrogen-bond donors (Lipinski definition) is 2. The van der Waals surface area contributed by atoms with Gasteiger partial charge >= 0.3 is 6.18 Å². The average Bonchev–Trinajstić information content (AvgIpc) is 2.90. The van der Waals surface area contributed by atoms with Gasteiger partial charge in [0.05, 0.1) is 18.7 Å². The Morgan fingerprint density at radius 2 is 1.78 bits per heavy atom. The van der Waals surface area contributed by atoms with Crippen LogP contribution in [0.25, 0.3) is 10.9 Å². The van der Waals surface area contributed by atoms with E-state index in [-0.39, 0.29) is 17.1 Å². The van der Waals surface area contributed by atoms with E-state index >= 15 is 0 Å². The minimum absolute atomic E-state index is 0.0267. The van der Waals surface area contributed by atoms with Crippen LogP contribution >= 0.6 is 0 Å². The summed E-state index contributed by atoms with van der Waals surface area (Å²) in [6.07, 6.45) is 3.21. The molecule has 1 amide bonds. The number of nitrogens with two attached hydrogens (primary N) is 1. The van der Waals surface area contributed by atoms with Crippen molar-refractivity contribution in [2.45, 2.75) is 44.3 Å². The van der Waals surface area contributed by atoms with Crippen molar-refractivity contribution < 1.29 is 22.7 Å². The van der Waals surface area contributed by atoms with Gasteiger partial charge in [-0.2, -0.15) is 13.2 Å². The van der Waals surface area contributed by atoms with E-state index < -0.39 is 11.9 Å². The van der Waals surface area contributed by atoms with Gasteiger partial charge in [0.15, 0.2) is 0 Å². The molecule has 0 spiro atoms. The van der Waals surface area contributed by atoms with E-state index in [9.17, 15) is 18.0 Å². The van der Waals surface area contributed by atoms with E-state index in [1.807, 2.05) is 6.07 Å². The number of aromatic nitrogens is 2. The number of carbonyl (C=O) groups excluding carboxylic acids is 1. The quantitative estimate of drug-likeness (QED) is 0.535. The molecule has 7 nitrogen and oxygen atoms in total. The third-order valence-electron chi connectivity index (χ3n) is 6.32. The largest absolute Gasteiger partial charge is 0.433 e. The fourth-order valence-corrected chi connectivity index (χ4v) is 4.39. The summed E-state index contributed by atoms with van der Waals surface area (Å²) in [5.41, 5.74) is 5.60. The van der Waals surface area contributed by atoms with Crippen LogP contribution in [-0.2, 0) is 10.9 Å². The highest BCUT2D eigenvalue weighted by Crippen LogP contribution is 2.31. The molecule has 0 atom stereocenters. The lowest BCUT2D eigenvalue weighted by atomic mass is 9.95. The lowest BCUT2D eigenvalue weighted by Gasteiger charge is -2.28. The van der Waals surface area contributed by atoms with Crippen LogP contribution in [0.1, 0.15) is 48.2 Å². The lowest BCUT2D eigenvalue weighted by Crippen LogP contribution is -2.38. The predicted molar refractivity (Wildman–Crippen MR) is 133 cm³/mol. The van der Waals surface area contributed by atoms with Crippen molar-refractivity contribution in [2.75, 3.05) is 36.9 Å². The van der Waals surface area contributed by atoms with E-state index in [1.54, 1.807) is 30.5 Å². The maximum Gasteiger partial charge on any atom is 0.433 e. The molecule has 1 aliphatic carbocycles. The number of hydrogen-bond acceptors (Lipinski definition) is 6. The number of alkyl halides is 3. The van der Waals surface area contributed by atoms with Crippen molar-refractivity contribution in [3.63, 3.8) is 0 Å². The van der Waals surface area contributed by atoms with Gasteiger partial charge in [-0.05, 0) is 37.1 Å². The normalized spacial score (nSPS) is 16.8. The molecule has 3 heterocycles. The second kappa shape index (κ2) is 11.6. The highest BCUT2D eigenvalue weighted by atomic mass is 19.4. The molecule has 1 saturated carbocycles. The van der Waals surface area contributed by atoms with Crippen LogP contribution in [0.4, 0.5) is 24.7 Å². The SMILES string of the molecule is Nc1cc(C(F)(F)F)nc2ccccc12.O=C(NC1CCCCC1)c1ccnc(N2CCOCC2)c1. The van der Waals surface area contributed by atoms with E-state index in [4.69, 9.17) is 10.5 Å². The van der Waals surface area contributed by atoms with E-state index in [2.05, 4.69) is 20.2 Å². The molecular formula is C26H30F3N5O2. The number of benzene rings is 1. The Kier molecular flexibility index (Phi) is 8.25. The molecule has 3 N–H and O–H groups in total. The number of fused-ring (bicyclic) bond motifs is 1. The summed E-state index contributed by atoms with van der Waals surface area (Å²) >= 11 is 0. The standard InChI is InChI=1S/C16H23N3O2.C10H7F3N2/c20-16(18-14-4-2-1-3-5-14)13-6-7-17-15(12-13)19-8-10-21-11-9-19;11-10(12,13)9-5-7(14)6-3-1-2-4-8(6)15-9/h6-7,12,14H,1-5,8-11H2,(H,18,20);1-5H,(H2,14,15). The summed E-state index contributed by atoms with van der Waals surface area (Å²) < 4.78 is 42.5. The number of nitrogens with zero attached hydrogens (tertiary/aromatic N) is 3. The van der Waals surface area contributed by atoms with E-state index in [1.165, 1.54) is 25.3 Å². The minimum Gasteiger partial charge on any atom is -0.398 e. The van der Waals surface area contributed by atoms with Crippen LogP contribution in [0.3, 0.4) is 0 Å². The van der Waals surface area contributed by atoms with Crippen LogP contribution in [0.2, 0.25) is 0 Å². The molecule has 2 aromatic heterocycles. The molecule has 2 fully saturated rings. The van der Waals surface area contributed by atoms with Crippen LogP contribution < -0.4 is 16.0 Å². The first-order valence-electron chi connectivity index (χ1n) is 12.1. The first-order chi connectivity index (χ1) is 17.3. The second-order valence-electron chi connectivity index (χ2n) is 8.92. The molecule has 1 aromatic carbocycles. The molecule has 0 bridgehead atoms. The van der Waals surface area contributed by atoms with Crippen molar-refractivity contribution >= 4 is 28.3 Å². The van der Waals surface area contributed by atoms with Crippen LogP contribution in [0.5, 0.6) is 0 Å². The summed E-state index contributed by atoms with van der Waals surface area (Å²) in [6.45, 7) is 3.11. The molecule has 192 valence electrons. The Labute approximate surface area is 207 Å². The Hall–Kier alpha value is -3.40. The summed E-state index contributed by atoms with van der Waals surface area (Å²) in [5, 5.41) is 3.69. The fraction of sp³-hybridized carbons (Fsp3) is 0.423. The molecule has 1 saturated heterocycles. The molecule has 1 aliphatic heterocycles. The van der Waals surface area contributed by atoms with Gasteiger partial charge in [-0.1, -0.05) is 37.5 Å². The Morgan fingerprint density at radius 3 is 2.50 bits per heavy atom. The number of nitrogens with one attached hydrogen (secondary N) is 1. The number of amides is 1. The topological polar surface area (TPSA) is 93.4 Å². The first kappa shape index (κ1) is 25.7. The van der Waals surface area contributed by atoms with Gasteiger partial charge in [0.25, 0.3) is 5.91 Å². The summed E-state index contributed by atoms with van der Waals surface area (Å²) in [6, 6.07) is 11.3. The maximum absolute atomic E-state index is 12.4. The molecular weight excluding hydrogens is 471 g/mol. The van der Waals surface area contributed by atoms with E-state index in [0.717, 1.165) is 51.0 Å². The molecule has 3 aromatic rings. The van der Waals surface area contributed by atoms with Crippen molar-refractivity contribution in [3.8, 4) is 0 Å². The fourth-order valence-electron chi connectivity index (χ4n) is 4.39. The van der Waals surface area contributed by atoms with Crippen LogP contribution in [-0.4, -0.2) is 48.2 Å². The van der Waals surface area contributed by atoms with Crippen molar-refractivity contribution in [2.24, 2.45) is 0 Å². The van der Waals surface area contributed by atoms with Crippen LogP contribution in [0, 0.1) is 0 Å². The van der Waals surface area contributed by atoms with Gasteiger partial charge in [0.2, 0.25) is 0 Å². The summed E-state index contributed by atoms with van der Waals surface area (Å²) in [7, 11) is 0. The Balaban J connectivity index is 0.000000179. The smallest absolute Gasteiger partial charge is 0.398 e. The number of anilines is 2. The number of nitrogen functional groups attached to an aromatic ring is 1. The zero-order valence-corrected chi connectivity index (χ0v) is 19.9. The number of pyridine rings is 2.